The molecule has 18 heavy (non-hydrogen) atoms. The van der Waals surface area contributed by atoms with E-state index in [2.05, 4.69) is 15.3 Å². The molecule has 0 bridgehead atoms. The summed E-state index contributed by atoms with van der Waals surface area (Å²) in [5.74, 6) is 1.31. The second kappa shape index (κ2) is 5.60. The van der Waals surface area contributed by atoms with Crippen LogP contribution in [0.15, 0.2) is 30.5 Å². The zero-order chi connectivity index (χ0) is 13.0. The second-order valence-electron chi connectivity index (χ2n) is 4.22. The Kier molecular flexibility index (Phi) is 3.89. The number of nitrogens with zero attached hydrogens (tertiary/aromatic N) is 2. The van der Waals surface area contributed by atoms with E-state index in [4.69, 9.17) is 4.74 Å². The van der Waals surface area contributed by atoms with Crippen LogP contribution >= 0.6 is 0 Å². The Bertz CT molecular complexity index is 523. The van der Waals surface area contributed by atoms with Gasteiger partial charge in [-0.2, -0.15) is 0 Å². The first-order valence-corrected chi connectivity index (χ1v) is 5.90. The first-order chi connectivity index (χ1) is 8.67. The second-order valence-corrected chi connectivity index (χ2v) is 4.22. The van der Waals surface area contributed by atoms with E-state index in [-0.39, 0.29) is 0 Å². The van der Waals surface area contributed by atoms with Gasteiger partial charge in [-0.25, -0.2) is 4.98 Å². The van der Waals surface area contributed by atoms with E-state index in [9.17, 15) is 0 Å². The standard InChI is InChI=1S/C14H17N3O/c1-10-4-5-13(9-16-10)18-14-7-12(8-15-3)6-11(2)17-14/h4-7,9,15H,8H2,1-3H3. The molecular formula is C14H17N3O. The van der Waals surface area contributed by atoms with Gasteiger partial charge in [0.05, 0.1) is 6.20 Å². The molecule has 0 fully saturated rings. The highest BCUT2D eigenvalue weighted by Gasteiger charge is 2.03. The van der Waals surface area contributed by atoms with E-state index >= 15 is 0 Å². The molecule has 0 saturated heterocycles. The molecule has 2 heterocycles. The normalized spacial score (nSPS) is 10.4. The first-order valence-electron chi connectivity index (χ1n) is 5.90. The van der Waals surface area contributed by atoms with E-state index in [0.29, 0.717) is 11.6 Å². The van der Waals surface area contributed by atoms with Crippen LogP contribution < -0.4 is 10.1 Å². The van der Waals surface area contributed by atoms with Gasteiger partial charge in [-0.15, -0.1) is 0 Å². The molecule has 4 heteroatoms. The predicted octanol–water partition coefficient (Wildman–Crippen LogP) is 2.61. The Morgan fingerprint density at radius 3 is 2.67 bits per heavy atom. The molecule has 0 atom stereocenters. The Morgan fingerprint density at radius 1 is 1.17 bits per heavy atom. The van der Waals surface area contributed by atoms with Crippen LogP contribution in [0.4, 0.5) is 0 Å². The van der Waals surface area contributed by atoms with Crippen molar-refractivity contribution in [3.8, 4) is 11.6 Å². The minimum absolute atomic E-state index is 0.603. The van der Waals surface area contributed by atoms with Crippen molar-refractivity contribution in [2.45, 2.75) is 20.4 Å². The maximum absolute atomic E-state index is 5.70. The van der Waals surface area contributed by atoms with Crippen molar-refractivity contribution in [2.75, 3.05) is 7.05 Å². The number of rotatable bonds is 4. The third-order valence-corrected chi connectivity index (χ3v) is 2.48. The van der Waals surface area contributed by atoms with Gasteiger partial charge in [0.15, 0.2) is 0 Å². The van der Waals surface area contributed by atoms with Crippen LogP contribution in [-0.4, -0.2) is 17.0 Å². The van der Waals surface area contributed by atoms with Gasteiger partial charge < -0.3 is 10.1 Å². The monoisotopic (exact) mass is 243 g/mol. The number of hydrogen-bond donors (Lipinski definition) is 1. The molecule has 0 aliphatic heterocycles. The third kappa shape index (κ3) is 3.28. The fourth-order valence-electron chi connectivity index (χ4n) is 1.70. The molecule has 2 aromatic heterocycles. The summed E-state index contributed by atoms with van der Waals surface area (Å²) in [7, 11) is 1.92. The van der Waals surface area contributed by atoms with Crippen molar-refractivity contribution < 1.29 is 4.74 Å². The topological polar surface area (TPSA) is 47.0 Å². The maximum atomic E-state index is 5.70. The van der Waals surface area contributed by atoms with E-state index in [1.165, 1.54) is 0 Å². The van der Waals surface area contributed by atoms with Crippen molar-refractivity contribution in [1.29, 1.82) is 0 Å². The minimum Gasteiger partial charge on any atom is -0.437 e. The third-order valence-electron chi connectivity index (χ3n) is 2.48. The molecule has 2 aromatic rings. The summed E-state index contributed by atoms with van der Waals surface area (Å²) in [6.45, 7) is 4.70. The molecule has 4 nitrogen and oxygen atoms in total. The molecule has 0 amide bonds. The van der Waals surface area contributed by atoms with E-state index in [1.807, 2.05) is 45.2 Å². The number of aromatic nitrogens is 2. The van der Waals surface area contributed by atoms with Crippen LogP contribution in [0.5, 0.6) is 11.6 Å². The summed E-state index contributed by atoms with van der Waals surface area (Å²) in [5.41, 5.74) is 3.06. The zero-order valence-corrected chi connectivity index (χ0v) is 10.9. The molecule has 0 aliphatic carbocycles. The zero-order valence-electron chi connectivity index (χ0n) is 10.9. The molecule has 0 unspecified atom stereocenters. The lowest BCUT2D eigenvalue weighted by atomic mass is 10.2. The molecular weight excluding hydrogens is 226 g/mol. The van der Waals surface area contributed by atoms with Gasteiger partial charge in [-0.3, -0.25) is 4.98 Å². The maximum Gasteiger partial charge on any atom is 0.219 e. The van der Waals surface area contributed by atoms with Gasteiger partial charge in [0.2, 0.25) is 5.88 Å². The number of ether oxygens (including phenoxy) is 1. The lowest BCUT2D eigenvalue weighted by Gasteiger charge is -2.08. The first kappa shape index (κ1) is 12.5. The molecule has 0 saturated carbocycles. The van der Waals surface area contributed by atoms with Crippen LogP contribution in [-0.2, 0) is 6.54 Å². The van der Waals surface area contributed by atoms with Gasteiger partial charge in [0, 0.05) is 24.0 Å². The summed E-state index contributed by atoms with van der Waals surface area (Å²) < 4.78 is 5.70. The van der Waals surface area contributed by atoms with Gasteiger partial charge in [0.25, 0.3) is 0 Å². The molecule has 0 radical (unpaired) electrons. The average Bonchev–Trinajstić information content (AvgIpc) is 2.32. The average molecular weight is 243 g/mol. The van der Waals surface area contributed by atoms with E-state index < -0.39 is 0 Å². The molecule has 0 aliphatic rings. The van der Waals surface area contributed by atoms with Crippen molar-refractivity contribution in [3.05, 3.63) is 47.4 Å². The molecule has 2 rings (SSSR count). The van der Waals surface area contributed by atoms with E-state index in [0.717, 1.165) is 23.5 Å². The summed E-state index contributed by atoms with van der Waals surface area (Å²) in [6.07, 6.45) is 1.71. The molecule has 94 valence electrons. The minimum atomic E-state index is 0.603. The molecule has 1 N–H and O–H groups in total. The van der Waals surface area contributed by atoms with Crippen LogP contribution in [0.25, 0.3) is 0 Å². The Hall–Kier alpha value is -1.94. The van der Waals surface area contributed by atoms with Gasteiger partial charge in [-0.05, 0) is 44.7 Å². The fourth-order valence-corrected chi connectivity index (χ4v) is 1.70. The van der Waals surface area contributed by atoms with Crippen LogP contribution in [0.1, 0.15) is 17.0 Å². The Morgan fingerprint density at radius 2 is 2.00 bits per heavy atom. The SMILES string of the molecule is CNCc1cc(C)nc(Oc2ccc(C)nc2)c1. The molecule has 0 aromatic carbocycles. The van der Waals surface area contributed by atoms with Crippen molar-refractivity contribution in [3.63, 3.8) is 0 Å². The lowest BCUT2D eigenvalue weighted by molar-refractivity contribution is 0.458. The summed E-state index contributed by atoms with van der Waals surface area (Å²) in [4.78, 5) is 8.55. The lowest BCUT2D eigenvalue weighted by Crippen LogP contribution is -2.06. The summed E-state index contributed by atoms with van der Waals surface area (Å²) >= 11 is 0. The molecule has 0 spiro atoms. The Balaban J connectivity index is 2.20. The Labute approximate surface area is 107 Å². The highest BCUT2D eigenvalue weighted by molar-refractivity contribution is 5.29. The summed E-state index contributed by atoms with van der Waals surface area (Å²) in [5, 5.41) is 3.11. The quantitative estimate of drug-likeness (QED) is 0.896. The van der Waals surface area contributed by atoms with Crippen LogP contribution in [0.2, 0.25) is 0 Å². The predicted molar refractivity (Wildman–Crippen MR) is 70.8 cm³/mol. The van der Waals surface area contributed by atoms with Gasteiger partial charge in [0.1, 0.15) is 5.75 Å². The fraction of sp³-hybridized carbons (Fsp3) is 0.286. The number of nitrogens with one attached hydrogen (secondary N) is 1. The van der Waals surface area contributed by atoms with Crippen LogP contribution in [0, 0.1) is 13.8 Å². The smallest absolute Gasteiger partial charge is 0.219 e. The van der Waals surface area contributed by atoms with Crippen molar-refractivity contribution >= 4 is 0 Å². The van der Waals surface area contributed by atoms with Crippen molar-refractivity contribution in [1.82, 2.24) is 15.3 Å². The number of aryl methyl sites for hydroxylation is 2. The highest BCUT2D eigenvalue weighted by atomic mass is 16.5. The largest absolute Gasteiger partial charge is 0.437 e. The van der Waals surface area contributed by atoms with Gasteiger partial charge >= 0.3 is 0 Å². The van der Waals surface area contributed by atoms with E-state index in [1.54, 1.807) is 6.20 Å². The van der Waals surface area contributed by atoms with Crippen LogP contribution in [0.3, 0.4) is 0 Å². The van der Waals surface area contributed by atoms with Gasteiger partial charge in [-0.1, -0.05) is 0 Å². The number of hydrogen-bond acceptors (Lipinski definition) is 4. The highest BCUT2D eigenvalue weighted by Crippen LogP contribution is 2.20. The summed E-state index contributed by atoms with van der Waals surface area (Å²) in [6, 6.07) is 7.78. The van der Waals surface area contributed by atoms with Crippen molar-refractivity contribution in [2.24, 2.45) is 0 Å². The number of pyridine rings is 2.